The van der Waals surface area contributed by atoms with Crippen molar-refractivity contribution in [2.45, 2.75) is 6.04 Å². The summed E-state index contributed by atoms with van der Waals surface area (Å²) in [4.78, 5) is 11.4. The molecule has 0 aromatic heterocycles. The van der Waals surface area contributed by atoms with Gasteiger partial charge in [0.15, 0.2) is 0 Å². The minimum atomic E-state index is -0.340. The summed E-state index contributed by atoms with van der Waals surface area (Å²) in [5.74, 6) is -0.282. The molecule has 94 valence electrons. The average molecular weight is 233 g/mol. The fraction of sp³-hybridized carbons (Fsp3) is 0.900. The number of carbonyl (C=O) groups is 1. The zero-order valence-corrected chi connectivity index (χ0v) is 9.57. The number of carbonyl (C=O) groups excluding carboxylic acids is 1. The number of rotatable bonds is 7. The summed E-state index contributed by atoms with van der Waals surface area (Å²) in [6.45, 7) is 3.42. The van der Waals surface area contributed by atoms with Gasteiger partial charge < -0.3 is 24.3 Å². The lowest BCUT2D eigenvalue weighted by Gasteiger charge is -2.22. The van der Waals surface area contributed by atoms with Gasteiger partial charge in [-0.25, -0.2) is 0 Å². The largest absolute Gasteiger partial charge is 0.462 e. The molecule has 1 aliphatic rings. The van der Waals surface area contributed by atoms with Crippen LogP contribution < -0.4 is 5.32 Å². The summed E-state index contributed by atoms with van der Waals surface area (Å²) < 4.78 is 20.1. The van der Waals surface area contributed by atoms with Crippen molar-refractivity contribution in [3.63, 3.8) is 0 Å². The maximum Gasteiger partial charge on any atom is 0.325 e. The molecule has 0 saturated carbocycles. The first-order valence-electron chi connectivity index (χ1n) is 5.39. The summed E-state index contributed by atoms with van der Waals surface area (Å²) >= 11 is 0. The number of ether oxygens (including phenoxy) is 4. The second-order valence-electron chi connectivity index (χ2n) is 3.35. The van der Waals surface area contributed by atoms with Crippen LogP contribution in [0.4, 0.5) is 0 Å². The number of morpholine rings is 1. The molecule has 6 nitrogen and oxygen atoms in total. The van der Waals surface area contributed by atoms with Crippen LogP contribution in [0.15, 0.2) is 0 Å². The normalized spacial score (nSPS) is 20.7. The lowest BCUT2D eigenvalue weighted by Crippen LogP contribution is -2.47. The second kappa shape index (κ2) is 8.46. The molecule has 1 aliphatic heterocycles. The standard InChI is InChI=1S/C10H19NO5/c1-13-4-5-14-6-7-16-10(12)9-8-15-3-2-11-9/h9,11H,2-8H2,1H3. The van der Waals surface area contributed by atoms with Crippen LogP contribution in [-0.2, 0) is 23.7 Å². The van der Waals surface area contributed by atoms with Crippen molar-refractivity contribution in [2.24, 2.45) is 0 Å². The van der Waals surface area contributed by atoms with Crippen LogP contribution in [0.25, 0.3) is 0 Å². The van der Waals surface area contributed by atoms with Gasteiger partial charge in [-0.05, 0) is 0 Å². The van der Waals surface area contributed by atoms with E-state index in [1.165, 1.54) is 0 Å². The molecule has 0 aromatic rings. The molecule has 1 N–H and O–H groups in total. The van der Waals surface area contributed by atoms with Gasteiger partial charge in [0.05, 0.1) is 33.0 Å². The van der Waals surface area contributed by atoms with Gasteiger partial charge in [0, 0.05) is 13.7 Å². The molecule has 1 unspecified atom stereocenters. The second-order valence-corrected chi connectivity index (χ2v) is 3.35. The molecule has 1 atom stereocenters. The predicted octanol–water partition coefficient (Wildman–Crippen LogP) is -0.819. The first kappa shape index (κ1) is 13.4. The quantitative estimate of drug-likeness (QED) is 0.458. The Morgan fingerprint density at radius 3 is 2.88 bits per heavy atom. The van der Waals surface area contributed by atoms with E-state index < -0.39 is 0 Å². The van der Waals surface area contributed by atoms with Crippen molar-refractivity contribution in [3.05, 3.63) is 0 Å². The van der Waals surface area contributed by atoms with Crippen LogP contribution in [-0.4, -0.2) is 65.3 Å². The van der Waals surface area contributed by atoms with Gasteiger partial charge in [0.1, 0.15) is 12.6 Å². The Kier molecular flexibility index (Phi) is 7.07. The van der Waals surface area contributed by atoms with E-state index >= 15 is 0 Å². The van der Waals surface area contributed by atoms with Crippen molar-refractivity contribution < 1.29 is 23.7 Å². The fourth-order valence-electron chi connectivity index (χ4n) is 1.26. The number of hydrogen-bond acceptors (Lipinski definition) is 6. The zero-order valence-electron chi connectivity index (χ0n) is 9.57. The Balaban J connectivity index is 1.97. The van der Waals surface area contributed by atoms with Crippen LogP contribution in [0.5, 0.6) is 0 Å². The van der Waals surface area contributed by atoms with Crippen molar-refractivity contribution >= 4 is 5.97 Å². The third-order valence-corrected chi connectivity index (χ3v) is 2.11. The fourth-order valence-corrected chi connectivity index (χ4v) is 1.26. The smallest absolute Gasteiger partial charge is 0.325 e. The van der Waals surface area contributed by atoms with E-state index in [9.17, 15) is 4.79 Å². The highest BCUT2D eigenvalue weighted by atomic mass is 16.6. The summed E-state index contributed by atoms with van der Waals surface area (Å²) in [5, 5.41) is 3.02. The van der Waals surface area contributed by atoms with Gasteiger partial charge in [0.2, 0.25) is 0 Å². The van der Waals surface area contributed by atoms with Crippen LogP contribution in [0, 0.1) is 0 Å². The molecule has 0 bridgehead atoms. The van der Waals surface area contributed by atoms with Crippen molar-refractivity contribution in [1.82, 2.24) is 5.32 Å². The van der Waals surface area contributed by atoms with Crippen molar-refractivity contribution in [3.8, 4) is 0 Å². The zero-order chi connectivity index (χ0) is 11.6. The summed E-state index contributed by atoms with van der Waals surface area (Å²) in [5.41, 5.74) is 0. The lowest BCUT2D eigenvalue weighted by molar-refractivity contribution is -0.150. The topological polar surface area (TPSA) is 66.0 Å². The number of nitrogens with one attached hydrogen (secondary N) is 1. The Morgan fingerprint density at radius 2 is 2.19 bits per heavy atom. The molecule has 1 fully saturated rings. The Bertz CT molecular complexity index is 194. The van der Waals surface area contributed by atoms with E-state index in [0.29, 0.717) is 39.6 Å². The van der Waals surface area contributed by atoms with Crippen LogP contribution in [0.1, 0.15) is 0 Å². The van der Waals surface area contributed by atoms with Gasteiger partial charge in [-0.1, -0.05) is 0 Å². The van der Waals surface area contributed by atoms with E-state index in [1.54, 1.807) is 7.11 Å². The Labute approximate surface area is 95.2 Å². The molecule has 1 heterocycles. The maximum atomic E-state index is 11.4. The van der Waals surface area contributed by atoms with Crippen LogP contribution in [0.2, 0.25) is 0 Å². The highest BCUT2D eigenvalue weighted by molar-refractivity contribution is 5.76. The van der Waals surface area contributed by atoms with Gasteiger partial charge in [-0.2, -0.15) is 0 Å². The molecule has 0 amide bonds. The number of hydrogen-bond donors (Lipinski definition) is 1. The van der Waals surface area contributed by atoms with E-state index in [0.717, 1.165) is 0 Å². The molecule has 0 spiro atoms. The number of esters is 1. The summed E-state index contributed by atoms with van der Waals surface area (Å²) in [7, 11) is 1.61. The molecule has 1 saturated heterocycles. The van der Waals surface area contributed by atoms with Gasteiger partial charge in [0.25, 0.3) is 0 Å². The third kappa shape index (κ3) is 5.41. The average Bonchev–Trinajstić information content (AvgIpc) is 2.34. The van der Waals surface area contributed by atoms with E-state index in [4.69, 9.17) is 18.9 Å². The van der Waals surface area contributed by atoms with Gasteiger partial charge in [-0.15, -0.1) is 0 Å². The minimum absolute atomic E-state index is 0.265. The van der Waals surface area contributed by atoms with E-state index in [1.807, 2.05) is 0 Å². The maximum absolute atomic E-state index is 11.4. The molecule has 0 aliphatic carbocycles. The van der Waals surface area contributed by atoms with Gasteiger partial charge in [-0.3, -0.25) is 4.79 Å². The van der Waals surface area contributed by atoms with E-state index in [2.05, 4.69) is 5.32 Å². The van der Waals surface area contributed by atoms with Crippen molar-refractivity contribution in [2.75, 3.05) is 53.3 Å². The van der Waals surface area contributed by atoms with Crippen LogP contribution >= 0.6 is 0 Å². The molecule has 16 heavy (non-hydrogen) atoms. The lowest BCUT2D eigenvalue weighted by atomic mass is 10.3. The van der Waals surface area contributed by atoms with E-state index in [-0.39, 0.29) is 18.6 Å². The van der Waals surface area contributed by atoms with Crippen LogP contribution in [0.3, 0.4) is 0 Å². The highest BCUT2D eigenvalue weighted by Gasteiger charge is 2.22. The monoisotopic (exact) mass is 233 g/mol. The van der Waals surface area contributed by atoms with Crippen molar-refractivity contribution in [1.29, 1.82) is 0 Å². The molecular weight excluding hydrogens is 214 g/mol. The summed E-state index contributed by atoms with van der Waals surface area (Å²) in [6, 6.07) is -0.340. The molecule has 0 radical (unpaired) electrons. The molecule has 0 aromatic carbocycles. The first-order valence-corrected chi connectivity index (χ1v) is 5.39. The highest BCUT2D eigenvalue weighted by Crippen LogP contribution is 1.96. The number of methoxy groups -OCH3 is 1. The van der Waals surface area contributed by atoms with Gasteiger partial charge >= 0.3 is 5.97 Å². The summed E-state index contributed by atoms with van der Waals surface area (Å²) in [6.07, 6.45) is 0. The predicted molar refractivity (Wildman–Crippen MR) is 56.3 cm³/mol. The Morgan fingerprint density at radius 1 is 1.38 bits per heavy atom. The first-order chi connectivity index (χ1) is 7.84. The third-order valence-electron chi connectivity index (χ3n) is 2.11. The Hall–Kier alpha value is -0.690. The molecule has 1 rings (SSSR count). The SMILES string of the molecule is COCCOCCOC(=O)C1COCCN1. The molecule has 6 heteroatoms. The minimum Gasteiger partial charge on any atom is -0.462 e. The molecular formula is C10H19NO5.